The highest BCUT2D eigenvalue weighted by atomic mass is 16.5. The van der Waals surface area contributed by atoms with Crippen LogP contribution in [0.3, 0.4) is 0 Å². The second-order valence-electron chi connectivity index (χ2n) is 17.2. The van der Waals surface area contributed by atoms with Gasteiger partial charge in [0.25, 0.3) is 0 Å². The largest absolute Gasteiger partial charge is 0.465 e. The van der Waals surface area contributed by atoms with Crippen molar-refractivity contribution in [1.82, 2.24) is 4.90 Å². The summed E-state index contributed by atoms with van der Waals surface area (Å²) in [6.45, 7) is 13.7. The normalized spacial score (nSPS) is 17.2. The Kier molecular flexibility index (Phi) is 35.3. The molecule has 0 radical (unpaired) electrons. The van der Waals surface area contributed by atoms with Crippen molar-refractivity contribution in [2.24, 2.45) is 23.7 Å². The summed E-state index contributed by atoms with van der Waals surface area (Å²) in [5.74, 6) is 1.61. The Morgan fingerprint density at radius 3 is 1.20 bits per heavy atom. The first kappa shape index (κ1) is 50.9. The van der Waals surface area contributed by atoms with E-state index in [9.17, 15) is 14.7 Å². The van der Waals surface area contributed by atoms with Gasteiger partial charge in [-0.3, -0.25) is 9.59 Å². The van der Waals surface area contributed by atoms with E-state index in [2.05, 4.69) is 32.6 Å². The first-order valence-corrected chi connectivity index (χ1v) is 24.2. The summed E-state index contributed by atoms with van der Waals surface area (Å²) in [5, 5.41) is 9.33. The molecule has 0 saturated carbocycles. The fourth-order valence-electron chi connectivity index (χ4n) is 8.66. The number of nitrogens with zero attached hydrogens (tertiary/aromatic N) is 1. The average molecular weight is 764 g/mol. The van der Waals surface area contributed by atoms with E-state index in [4.69, 9.17) is 9.47 Å². The van der Waals surface area contributed by atoms with Crippen molar-refractivity contribution in [3.05, 3.63) is 0 Å². The van der Waals surface area contributed by atoms with E-state index >= 15 is 0 Å². The van der Waals surface area contributed by atoms with Crippen LogP contribution in [0.15, 0.2) is 0 Å². The molecule has 0 aliphatic carbocycles. The van der Waals surface area contributed by atoms with Crippen molar-refractivity contribution >= 4 is 11.9 Å². The van der Waals surface area contributed by atoms with Crippen LogP contribution in [-0.4, -0.2) is 61.4 Å². The summed E-state index contributed by atoms with van der Waals surface area (Å²) in [4.78, 5) is 28.9. The molecule has 1 aliphatic rings. The molecule has 1 fully saturated rings. The van der Waals surface area contributed by atoms with Crippen molar-refractivity contribution < 1.29 is 24.2 Å². The zero-order valence-electron chi connectivity index (χ0n) is 36.7. The maximum Gasteiger partial charge on any atom is 0.308 e. The van der Waals surface area contributed by atoms with Crippen LogP contribution in [0.25, 0.3) is 0 Å². The minimum atomic E-state index is 0.0554. The van der Waals surface area contributed by atoms with Crippen LogP contribution < -0.4 is 0 Å². The highest BCUT2D eigenvalue weighted by Gasteiger charge is 2.31. The molecule has 1 rings (SSSR count). The van der Waals surface area contributed by atoms with Gasteiger partial charge in [0.15, 0.2) is 0 Å². The number of esters is 2. The third-order valence-corrected chi connectivity index (χ3v) is 12.3. The summed E-state index contributed by atoms with van der Waals surface area (Å²) >= 11 is 0. The number of unbranched alkanes of at least 4 members (excludes halogenated alkanes) is 19. The van der Waals surface area contributed by atoms with E-state index in [1.54, 1.807) is 0 Å². The zero-order chi connectivity index (χ0) is 39.3. The van der Waals surface area contributed by atoms with Gasteiger partial charge < -0.3 is 19.5 Å². The van der Waals surface area contributed by atoms with Crippen molar-refractivity contribution in [3.63, 3.8) is 0 Å². The molecule has 1 saturated heterocycles. The van der Waals surface area contributed by atoms with E-state index < -0.39 is 0 Å². The fourth-order valence-corrected chi connectivity index (χ4v) is 8.66. The number of likely N-dealkylation sites (tertiary alicyclic amines) is 1. The van der Waals surface area contributed by atoms with E-state index in [1.807, 2.05) is 0 Å². The standard InChI is InChI=1S/C48H93NO5/c1-5-9-13-17-19-23-33-43(31-21-15-11-7-3)47(51)53-39-29-25-35-45-41-49(37-27-28-38-50)42-46(45)36-26-30-40-54-48(52)44(32-22-16-12-8-4)34-24-20-18-14-10-6-2/h43-46,50H,5-42H2,1-4H3. The van der Waals surface area contributed by atoms with Gasteiger partial charge in [0, 0.05) is 19.7 Å². The molecule has 54 heavy (non-hydrogen) atoms. The summed E-state index contributed by atoms with van der Waals surface area (Å²) in [6, 6.07) is 0. The third kappa shape index (κ3) is 27.5. The maximum atomic E-state index is 13.1. The van der Waals surface area contributed by atoms with Gasteiger partial charge in [-0.05, 0) is 95.4 Å². The van der Waals surface area contributed by atoms with Gasteiger partial charge in [0.1, 0.15) is 0 Å². The quantitative estimate of drug-likeness (QED) is 0.0495. The minimum absolute atomic E-state index is 0.0554. The lowest BCUT2D eigenvalue weighted by Gasteiger charge is -2.19. The monoisotopic (exact) mass is 764 g/mol. The summed E-state index contributed by atoms with van der Waals surface area (Å²) < 4.78 is 11.8. The SMILES string of the molecule is CCCCCCCCC(CCCCCC)C(=O)OCCCCC1CN(CCCCO)CC1CCCCOC(=O)C(CCCCCC)CCCCCCCC. The Morgan fingerprint density at radius 2 is 0.833 bits per heavy atom. The highest BCUT2D eigenvalue weighted by Crippen LogP contribution is 2.32. The third-order valence-electron chi connectivity index (χ3n) is 12.3. The van der Waals surface area contributed by atoms with Gasteiger partial charge in [-0.15, -0.1) is 0 Å². The number of rotatable bonds is 40. The lowest BCUT2D eigenvalue weighted by atomic mass is 9.87. The van der Waals surface area contributed by atoms with Gasteiger partial charge in [-0.2, -0.15) is 0 Å². The minimum Gasteiger partial charge on any atom is -0.465 e. The molecule has 0 aromatic heterocycles. The van der Waals surface area contributed by atoms with E-state index in [0.717, 1.165) is 110 Å². The molecule has 0 aromatic rings. The maximum absolute atomic E-state index is 13.1. The molecule has 4 unspecified atom stereocenters. The molecule has 320 valence electrons. The van der Waals surface area contributed by atoms with Crippen molar-refractivity contribution in [1.29, 1.82) is 0 Å². The molecule has 4 atom stereocenters. The Labute approximate surface area is 336 Å². The molecule has 1 N–H and O–H groups in total. The van der Waals surface area contributed by atoms with Gasteiger partial charge in [-0.1, -0.05) is 156 Å². The van der Waals surface area contributed by atoms with E-state index in [0.29, 0.717) is 25.0 Å². The number of ether oxygens (including phenoxy) is 2. The lowest BCUT2D eigenvalue weighted by Crippen LogP contribution is -2.22. The molecular formula is C48H93NO5. The summed E-state index contributed by atoms with van der Waals surface area (Å²) in [7, 11) is 0. The predicted octanol–water partition coefficient (Wildman–Crippen LogP) is 13.4. The van der Waals surface area contributed by atoms with Gasteiger partial charge in [-0.25, -0.2) is 0 Å². The van der Waals surface area contributed by atoms with Crippen LogP contribution in [0.5, 0.6) is 0 Å². The Bertz CT molecular complexity index is 774. The molecule has 6 heteroatoms. The molecule has 6 nitrogen and oxygen atoms in total. The number of hydrogen-bond acceptors (Lipinski definition) is 6. The average Bonchev–Trinajstić information content (AvgIpc) is 3.56. The smallest absolute Gasteiger partial charge is 0.308 e. The van der Waals surface area contributed by atoms with Crippen LogP contribution >= 0.6 is 0 Å². The van der Waals surface area contributed by atoms with Gasteiger partial charge >= 0.3 is 11.9 Å². The van der Waals surface area contributed by atoms with Crippen molar-refractivity contribution in [2.45, 2.75) is 233 Å². The lowest BCUT2D eigenvalue weighted by molar-refractivity contribution is -0.150. The van der Waals surface area contributed by atoms with Crippen LogP contribution in [-0.2, 0) is 19.1 Å². The number of carbonyl (C=O) groups is 2. The Morgan fingerprint density at radius 1 is 0.481 bits per heavy atom. The molecule has 0 aromatic carbocycles. The Hall–Kier alpha value is -1.14. The predicted molar refractivity (Wildman–Crippen MR) is 230 cm³/mol. The molecular weight excluding hydrogens is 671 g/mol. The number of aliphatic hydroxyl groups excluding tert-OH is 1. The second kappa shape index (κ2) is 37.4. The summed E-state index contributed by atoms with van der Waals surface area (Å²) in [6.07, 6.45) is 37.2. The highest BCUT2D eigenvalue weighted by molar-refractivity contribution is 5.72. The van der Waals surface area contributed by atoms with Crippen LogP contribution in [0.4, 0.5) is 0 Å². The number of carbonyl (C=O) groups excluding carboxylic acids is 2. The van der Waals surface area contributed by atoms with Crippen LogP contribution in [0.1, 0.15) is 233 Å². The zero-order valence-corrected chi connectivity index (χ0v) is 36.7. The molecule has 0 amide bonds. The molecule has 1 heterocycles. The number of aliphatic hydroxyl groups is 1. The number of hydrogen-bond donors (Lipinski definition) is 1. The topological polar surface area (TPSA) is 76.1 Å². The van der Waals surface area contributed by atoms with Crippen LogP contribution in [0, 0.1) is 23.7 Å². The molecule has 0 spiro atoms. The first-order chi connectivity index (χ1) is 26.5. The van der Waals surface area contributed by atoms with E-state index in [-0.39, 0.29) is 30.4 Å². The molecule has 0 bridgehead atoms. The van der Waals surface area contributed by atoms with Crippen molar-refractivity contribution in [3.8, 4) is 0 Å². The fraction of sp³-hybridized carbons (Fsp3) is 0.958. The van der Waals surface area contributed by atoms with Crippen molar-refractivity contribution in [2.75, 3.05) is 39.5 Å². The van der Waals surface area contributed by atoms with Gasteiger partial charge in [0.2, 0.25) is 0 Å². The second-order valence-corrected chi connectivity index (χ2v) is 17.2. The van der Waals surface area contributed by atoms with Crippen LogP contribution in [0.2, 0.25) is 0 Å². The molecule has 1 aliphatic heterocycles. The summed E-state index contributed by atoms with van der Waals surface area (Å²) in [5.41, 5.74) is 0. The first-order valence-electron chi connectivity index (χ1n) is 24.2. The van der Waals surface area contributed by atoms with Gasteiger partial charge in [0.05, 0.1) is 25.0 Å². The Balaban J connectivity index is 2.51. The van der Waals surface area contributed by atoms with E-state index in [1.165, 1.54) is 116 Å².